The van der Waals surface area contributed by atoms with Crippen LogP contribution in [-0.2, 0) is 4.79 Å². The van der Waals surface area contributed by atoms with E-state index < -0.39 is 6.04 Å². The summed E-state index contributed by atoms with van der Waals surface area (Å²) in [5, 5.41) is 13.8. The molecule has 4 atom stereocenters. The molecule has 0 bridgehead atoms. The Kier molecular flexibility index (Phi) is 5.45. The third-order valence-corrected chi connectivity index (χ3v) is 6.60. The summed E-state index contributed by atoms with van der Waals surface area (Å²) >= 11 is 0. The van der Waals surface area contributed by atoms with Gasteiger partial charge in [-0.2, -0.15) is 0 Å². The third kappa shape index (κ3) is 3.54. The van der Waals surface area contributed by atoms with Gasteiger partial charge in [-0.3, -0.25) is 4.79 Å². The SMILES string of the molecule is CC(C)C1=C2C3=CC=C(CNC(=O)C(C)N)CC(O)C3CCC2(C)CC1. The van der Waals surface area contributed by atoms with E-state index in [0.29, 0.717) is 18.9 Å². The lowest BCUT2D eigenvalue weighted by atomic mass is 9.64. The molecule has 1 fully saturated rings. The second kappa shape index (κ2) is 7.32. The van der Waals surface area contributed by atoms with Crippen LogP contribution in [0.3, 0.4) is 0 Å². The Morgan fingerprint density at radius 3 is 2.73 bits per heavy atom. The molecule has 0 aromatic rings. The van der Waals surface area contributed by atoms with Crippen LogP contribution < -0.4 is 11.1 Å². The molecule has 0 saturated heterocycles. The van der Waals surface area contributed by atoms with Crippen molar-refractivity contribution in [1.29, 1.82) is 0 Å². The zero-order valence-electron chi connectivity index (χ0n) is 16.6. The number of nitrogens with one attached hydrogen (secondary N) is 1. The highest BCUT2D eigenvalue weighted by molar-refractivity contribution is 5.81. The second-order valence-electron chi connectivity index (χ2n) is 8.99. The highest BCUT2D eigenvalue weighted by Crippen LogP contribution is 2.57. The first kappa shape index (κ1) is 19.4. The summed E-state index contributed by atoms with van der Waals surface area (Å²) < 4.78 is 0. The van der Waals surface area contributed by atoms with Gasteiger partial charge in [-0.15, -0.1) is 0 Å². The van der Waals surface area contributed by atoms with Crippen LogP contribution in [0.2, 0.25) is 0 Å². The van der Waals surface area contributed by atoms with Crippen molar-refractivity contribution in [2.24, 2.45) is 23.0 Å². The van der Waals surface area contributed by atoms with Gasteiger partial charge in [0.1, 0.15) is 0 Å². The Morgan fingerprint density at radius 1 is 1.35 bits per heavy atom. The number of aliphatic hydroxyl groups excluding tert-OH is 1. The number of carbonyl (C=O) groups is 1. The maximum absolute atomic E-state index is 11.8. The molecule has 4 unspecified atom stereocenters. The van der Waals surface area contributed by atoms with Crippen LogP contribution in [0.1, 0.15) is 59.8 Å². The van der Waals surface area contributed by atoms with E-state index in [4.69, 9.17) is 5.73 Å². The van der Waals surface area contributed by atoms with Crippen LogP contribution in [0.15, 0.2) is 34.4 Å². The average molecular weight is 359 g/mol. The monoisotopic (exact) mass is 358 g/mol. The minimum Gasteiger partial charge on any atom is -0.392 e. The number of rotatable bonds is 4. The Bertz CT molecular complexity index is 672. The van der Waals surface area contributed by atoms with E-state index in [1.165, 1.54) is 24.0 Å². The fraction of sp³-hybridized carbons (Fsp3) is 0.682. The summed E-state index contributed by atoms with van der Waals surface area (Å²) in [7, 11) is 0. The quantitative estimate of drug-likeness (QED) is 0.722. The zero-order valence-corrected chi connectivity index (χ0v) is 16.6. The number of allylic oxidation sites excluding steroid dienone is 4. The number of fused-ring (bicyclic) bond motifs is 3. The van der Waals surface area contributed by atoms with Crippen molar-refractivity contribution >= 4 is 5.91 Å². The smallest absolute Gasteiger partial charge is 0.236 e. The number of carbonyl (C=O) groups excluding carboxylic acids is 1. The van der Waals surface area contributed by atoms with Crippen LogP contribution in [0, 0.1) is 17.3 Å². The van der Waals surface area contributed by atoms with Crippen LogP contribution >= 0.6 is 0 Å². The molecule has 4 nitrogen and oxygen atoms in total. The number of hydrogen-bond acceptors (Lipinski definition) is 3. The standard InChI is InChI=1S/C22H34N2O2/c1-13(2)16-7-9-22(4)10-8-17-18(20(16)22)6-5-15(11-19(17)25)12-24-21(26)14(3)23/h5-6,13-14,17,19,25H,7-12,23H2,1-4H3,(H,24,26). The van der Waals surface area contributed by atoms with E-state index in [1.807, 2.05) is 0 Å². The molecule has 26 heavy (non-hydrogen) atoms. The van der Waals surface area contributed by atoms with E-state index in [1.54, 1.807) is 12.5 Å². The molecule has 0 spiro atoms. The highest BCUT2D eigenvalue weighted by Gasteiger charge is 2.45. The molecule has 144 valence electrons. The number of hydrogen-bond donors (Lipinski definition) is 3. The summed E-state index contributed by atoms with van der Waals surface area (Å²) in [4.78, 5) is 11.8. The molecule has 4 heteroatoms. The largest absolute Gasteiger partial charge is 0.392 e. The first-order chi connectivity index (χ1) is 12.2. The lowest BCUT2D eigenvalue weighted by Gasteiger charge is -2.41. The zero-order chi connectivity index (χ0) is 19.1. The van der Waals surface area contributed by atoms with Gasteiger partial charge in [0.05, 0.1) is 12.1 Å². The summed E-state index contributed by atoms with van der Waals surface area (Å²) in [6.45, 7) is 9.12. The van der Waals surface area contributed by atoms with Crippen LogP contribution in [0.25, 0.3) is 0 Å². The molecular weight excluding hydrogens is 324 g/mol. The molecule has 0 aromatic carbocycles. The lowest BCUT2D eigenvalue weighted by molar-refractivity contribution is -0.121. The summed E-state index contributed by atoms with van der Waals surface area (Å²) in [5.74, 6) is 0.617. The molecular formula is C22H34N2O2. The topological polar surface area (TPSA) is 75.4 Å². The molecule has 0 aliphatic heterocycles. The Morgan fingerprint density at radius 2 is 2.08 bits per heavy atom. The summed E-state index contributed by atoms with van der Waals surface area (Å²) in [5.41, 5.74) is 11.4. The van der Waals surface area contributed by atoms with Gasteiger partial charge in [0.15, 0.2) is 0 Å². The van der Waals surface area contributed by atoms with Gasteiger partial charge in [-0.25, -0.2) is 0 Å². The average Bonchev–Trinajstić information content (AvgIpc) is 2.85. The lowest BCUT2D eigenvalue weighted by Crippen LogP contribution is -2.39. The molecule has 3 aliphatic rings. The van der Waals surface area contributed by atoms with Crippen LogP contribution in [-0.4, -0.2) is 29.7 Å². The van der Waals surface area contributed by atoms with Gasteiger partial charge >= 0.3 is 0 Å². The van der Waals surface area contributed by atoms with Crippen molar-refractivity contribution in [2.75, 3.05) is 6.54 Å². The molecule has 3 rings (SSSR count). The minimum absolute atomic E-state index is 0.150. The predicted octanol–water partition coefficient (Wildman–Crippen LogP) is 3.23. The van der Waals surface area contributed by atoms with Gasteiger partial charge in [-0.05, 0) is 67.1 Å². The number of nitrogens with two attached hydrogens (primary N) is 1. The molecule has 1 saturated carbocycles. The normalized spacial score (nSPS) is 32.4. The molecule has 3 aliphatic carbocycles. The first-order valence-electron chi connectivity index (χ1n) is 10.1. The van der Waals surface area contributed by atoms with Crippen molar-refractivity contribution < 1.29 is 9.90 Å². The number of amides is 1. The number of aliphatic hydroxyl groups is 1. The van der Waals surface area contributed by atoms with Crippen molar-refractivity contribution in [3.63, 3.8) is 0 Å². The highest BCUT2D eigenvalue weighted by atomic mass is 16.3. The molecule has 4 N–H and O–H groups in total. The molecule has 0 radical (unpaired) electrons. The third-order valence-electron chi connectivity index (χ3n) is 6.60. The Balaban J connectivity index is 1.90. The van der Waals surface area contributed by atoms with Crippen LogP contribution in [0.4, 0.5) is 0 Å². The maximum atomic E-state index is 11.8. The van der Waals surface area contributed by atoms with Gasteiger partial charge in [-0.1, -0.05) is 38.5 Å². The van der Waals surface area contributed by atoms with Gasteiger partial charge in [0.25, 0.3) is 0 Å². The molecule has 1 amide bonds. The van der Waals surface area contributed by atoms with Crippen molar-refractivity contribution in [1.82, 2.24) is 5.32 Å². The van der Waals surface area contributed by atoms with E-state index >= 15 is 0 Å². The fourth-order valence-electron chi connectivity index (χ4n) is 5.01. The van der Waals surface area contributed by atoms with E-state index in [-0.39, 0.29) is 23.3 Å². The Hall–Kier alpha value is -1.39. The fourth-order valence-corrected chi connectivity index (χ4v) is 5.01. The molecule has 0 aromatic heterocycles. The first-order valence-corrected chi connectivity index (χ1v) is 10.1. The maximum Gasteiger partial charge on any atom is 0.236 e. The summed E-state index contributed by atoms with van der Waals surface area (Å²) in [6, 6.07) is -0.509. The van der Waals surface area contributed by atoms with Crippen molar-refractivity contribution in [3.05, 3.63) is 34.4 Å². The van der Waals surface area contributed by atoms with E-state index in [0.717, 1.165) is 18.4 Å². The van der Waals surface area contributed by atoms with Crippen molar-refractivity contribution in [2.45, 2.75) is 71.9 Å². The molecule has 0 heterocycles. The van der Waals surface area contributed by atoms with Gasteiger partial charge in [0, 0.05) is 12.5 Å². The predicted molar refractivity (Wildman–Crippen MR) is 105 cm³/mol. The van der Waals surface area contributed by atoms with Gasteiger partial charge in [0.2, 0.25) is 5.91 Å². The van der Waals surface area contributed by atoms with Crippen molar-refractivity contribution in [3.8, 4) is 0 Å². The van der Waals surface area contributed by atoms with E-state index in [9.17, 15) is 9.90 Å². The second-order valence-corrected chi connectivity index (χ2v) is 8.99. The Labute approximate surface area is 157 Å². The van der Waals surface area contributed by atoms with Gasteiger partial charge < -0.3 is 16.2 Å². The van der Waals surface area contributed by atoms with E-state index in [2.05, 4.69) is 38.2 Å². The van der Waals surface area contributed by atoms with Crippen LogP contribution in [0.5, 0.6) is 0 Å². The summed E-state index contributed by atoms with van der Waals surface area (Å²) in [6.07, 6.45) is 9.21. The minimum atomic E-state index is -0.509.